The highest BCUT2D eigenvalue weighted by molar-refractivity contribution is 5.69. The summed E-state index contributed by atoms with van der Waals surface area (Å²) in [6.07, 6.45) is 8.93. The first kappa shape index (κ1) is 35.9. The van der Waals surface area contributed by atoms with Crippen LogP contribution < -0.4 is 0 Å². The fraction of sp³-hybridized carbons (Fsp3) is 0.923. The van der Waals surface area contributed by atoms with Gasteiger partial charge in [0.2, 0.25) is 0 Å². The molecule has 0 aromatic heterocycles. The Morgan fingerprint density at radius 3 is 1.20 bits per heavy atom. The third-order valence-corrected chi connectivity index (χ3v) is 5.04. The Hall–Kier alpha value is -1.26. The van der Waals surface area contributed by atoms with Gasteiger partial charge in [-0.3, -0.25) is 9.59 Å². The molecule has 0 aromatic carbocycles. The third kappa shape index (κ3) is 30.7. The van der Waals surface area contributed by atoms with Gasteiger partial charge in [0.15, 0.2) is 0 Å². The van der Waals surface area contributed by atoms with Crippen molar-refractivity contribution >= 4 is 11.9 Å². The van der Waals surface area contributed by atoms with E-state index < -0.39 is 0 Å². The molecule has 0 bridgehead atoms. The van der Waals surface area contributed by atoms with Gasteiger partial charge in [0.05, 0.1) is 65.1 Å². The van der Waals surface area contributed by atoms with Gasteiger partial charge >= 0.3 is 11.9 Å². The van der Waals surface area contributed by atoms with Crippen LogP contribution in [0.25, 0.3) is 0 Å². The van der Waals surface area contributed by atoms with Gasteiger partial charge in [-0.1, -0.05) is 39.5 Å². The first-order valence-corrected chi connectivity index (χ1v) is 13.2. The molecule has 0 spiro atoms. The summed E-state index contributed by atoms with van der Waals surface area (Å²) in [6.45, 7) is 10.6. The van der Waals surface area contributed by atoms with Crippen LogP contribution in [0, 0.1) is 0 Å². The molecular formula is C26H52O9. The lowest BCUT2D eigenvalue weighted by molar-refractivity contribution is -0.149. The van der Waals surface area contributed by atoms with Crippen LogP contribution in [0.2, 0.25) is 0 Å². The SMILES string of the molecule is CCC(C)OC(=O)CCCCCCCCC(=O)OC(C)CC.OCCOCCOCCOCCO. The maximum Gasteiger partial charge on any atom is 0.306 e. The molecule has 0 aliphatic heterocycles. The molecule has 0 saturated carbocycles. The number of rotatable bonds is 23. The summed E-state index contributed by atoms with van der Waals surface area (Å²) < 4.78 is 25.5. The number of hydrogen-bond acceptors (Lipinski definition) is 9. The van der Waals surface area contributed by atoms with Crippen molar-refractivity contribution in [1.29, 1.82) is 0 Å². The Morgan fingerprint density at radius 1 is 0.571 bits per heavy atom. The van der Waals surface area contributed by atoms with E-state index in [1.807, 2.05) is 27.7 Å². The maximum absolute atomic E-state index is 11.5. The summed E-state index contributed by atoms with van der Waals surface area (Å²) in [4.78, 5) is 22.9. The molecule has 2 N–H and O–H groups in total. The van der Waals surface area contributed by atoms with Gasteiger partial charge in [-0.25, -0.2) is 0 Å². The number of aliphatic hydroxyl groups is 2. The van der Waals surface area contributed by atoms with Crippen LogP contribution >= 0.6 is 0 Å². The first-order valence-electron chi connectivity index (χ1n) is 13.2. The topological polar surface area (TPSA) is 121 Å². The molecule has 0 saturated heterocycles. The molecule has 0 fully saturated rings. The number of ether oxygens (including phenoxy) is 5. The Bertz CT molecular complexity index is 420. The number of esters is 2. The van der Waals surface area contributed by atoms with Gasteiger partial charge in [0, 0.05) is 12.8 Å². The summed E-state index contributed by atoms with van der Waals surface area (Å²) in [5.41, 5.74) is 0. The maximum atomic E-state index is 11.5. The van der Waals surface area contributed by atoms with Crippen LogP contribution in [0.3, 0.4) is 0 Å². The largest absolute Gasteiger partial charge is 0.463 e. The quantitative estimate of drug-likeness (QED) is 0.157. The van der Waals surface area contributed by atoms with Crippen molar-refractivity contribution in [3.8, 4) is 0 Å². The minimum absolute atomic E-state index is 0.0303. The number of carbonyl (C=O) groups is 2. The fourth-order valence-corrected chi connectivity index (χ4v) is 2.65. The van der Waals surface area contributed by atoms with Gasteiger partial charge in [0.25, 0.3) is 0 Å². The van der Waals surface area contributed by atoms with Crippen LogP contribution in [0.15, 0.2) is 0 Å². The Morgan fingerprint density at radius 2 is 0.886 bits per heavy atom. The van der Waals surface area contributed by atoms with Crippen LogP contribution in [0.1, 0.15) is 91.9 Å². The average molecular weight is 509 g/mol. The molecule has 2 unspecified atom stereocenters. The van der Waals surface area contributed by atoms with Crippen molar-refractivity contribution in [2.75, 3.05) is 52.9 Å². The monoisotopic (exact) mass is 508 g/mol. The van der Waals surface area contributed by atoms with Gasteiger partial charge in [-0.2, -0.15) is 0 Å². The average Bonchev–Trinajstić information content (AvgIpc) is 2.84. The van der Waals surface area contributed by atoms with Crippen LogP contribution in [0.4, 0.5) is 0 Å². The molecule has 0 radical (unpaired) electrons. The summed E-state index contributed by atoms with van der Waals surface area (Å²) in [6, 6.07) is 0. The predicted octanol–water partition coefficient (Wildman–Crippen LogP) is 3.81. The van der Waals surface area contributed by atoms with Crippen molar-refractivity contribution in [1.82, 2.24) is 0 Å². The Balaban J connectivity index is 0. The molecule has 0 aromatic rings. The van der Waals surface area contributed by atoms with E-state index >= 15 is 0 Å². The highest BCUT2D eigenvalue weighted by Gasteiger charge is 2.08. The summed E-state index contributed by atoms with van der Waals surface area (Å²) in [7, 11) is 0. The standard InChI is InChI=1S/C18H34O4.C8H18O5/c1-5-15(3)21-17(19)13-11-9-7-8-10-12-14-18(20)22-16(4)6-2;9-1-3-11-5-7-13-8-6-12-4-2-10/h15-16H,5-14H2,1-4H3;9-10H,1-8H2. The van der Waals surface area contributed by atoms with Crippen molar-refractivity contribution in [2.45, 2.75) is 104 Å². The molecule has 210 valence electrons. The molecule has 9 heteroatoms. The van der Waals surface area contributed by atoms with E-state index in [0.29, 0.717) is 52.5 Å². The molecule has 0 aliphatic rings. The fourth-order valence-electron chi connectivity index (χ4n) is 2.65. The number of carbonyl (C=O) groups excluding carboxylic acids is 2. The molecule has 35 heavy (non-hydrogen) atoms. The first-order chi connectivity index (χ1) is 16.9. The van der Waals surface area contributed by atoms with Gasteiger partial charge in [-0.15, -0.1) is 0 Å². The number of hydrogen-bond donors (Lipinski definition) is 2. The Kier molecular flexibility index (Phi) is 29.7. The van der Waals surface area contributed by atoms with Crippen molar-refractivity contribution in [3.05, 3.63) is 0 Å². The zero-order valence-corrected chi connectivity index (χ0v) is 22.6. The van der Waals surface area contributed by atoms with Gasteiger partial charge < -0.3 is 33.9 Å². The van der Waals surface area contributed by atoms with Crippen LogP contribution in [0.5, 0.6) is 0 Å². The predicted molar refractivity (Wildman–Crippen MR) is 135 cm³/mol. The molecule has 0 aliphatic carbocycles. The zero-order valence-electron chi connectivity index (χ0n) is 22.6. The lowest BCUT2D eigenvalue weighted by Gasteiger charge is -2.11. The van der Waals surface area contributed by atoms with E-state index in [1.54, 1.807) is 0 Å². The zero-order chi connectivity index (χ0) is 26.6. The molecule has 0 heterocycles. The lowest BCUT2D eigenvalue weighted by atomic mass is 10.1. The molecule has 2 atom stereocenters. The summed E-state index contributed by atoms with van der Waals surface area (Å²) in [5, 5.41) is 16.7. The summed E-state index contributed by atoms with van der Waals surface area (Å²) in [5.74, 6) is -0.163. The number of aliphatic hydroxyl groups excluding tert-OH is 2. The second-order valence-electron chi connectivity index (χ2n) is 8.32. The minimum Gasteiger partial charge on any atom is -0.463 e. The van der Waals surface area contributed by atoms with E-state index in [4.69, 9.17) is 33.9 Å². The minimum atomic E-state index is -0.0814. The van der Waals surface area contributed by atoms with Crippen molar-refractivity contribution in [3.63, 3.8) is 0 Å². The van der Waals surface area contributed by atoms with E-state index in [2.05, 4.69) is 0 Å². The van der Waals surface area contributed by atoms with Crippen LogP contribution in [-0.2, 0) is 33.3 Å². The molecule has 0 rings (SSSR count). The van der Waals surface area contributed by atoms with Crippen molar-refractivity contribution < 1.29 is 43.5 Å². The normalized spacial score (nSPS) is 12.4. The van der Waals surface area contributed by atoms with E-state index in [9.17, 15) is 9.59 Å². The third-order valence-electron chi connectivity index (χ3n) is 5.04. The smallest absolute Gasteiger partial charge is 0.306 e. The molecular weight excluding hydrogens is 456 g/mol. The van der Waals surface area contributed by atoms with Gasteiger partial charge in [0.1, 0.15) is 0 Å². The van der Waals surface area contributed by atoms with E-state index in [1.165, 1.54) is 0 Å². The highest BCUT2D eigenvalue weighted by atomic mass is 16.6. The van der Waals surface area contributed by atoms with E-state index in [0.717, 1.165) is 51.4 Å². The molecule has 9 nitrogen and oxygen atoms in total. The van der Waals surface area contributed by atoms with Crippen molar-refractivity contribution in [2.24, 2.45) is 0 Å². The summed E-state index contributed by atoms with van der Waals surface area (Å²) >= 11 is 0. The highest BCUT2D eigenvalue weighted by Crippen LogP contribution is 2.11. The number of unbranched alkanes of at least 4 members (excludes halogenated alkanes) is 5. The Labute approximate surface area is 212 Å². The second-order valence-corrected chi connectivity index (χ2v) is 8.32. The van der Waals surface area contributed by atoms with Crippen LogP contribution in [-0.4, -0.2) is 87.2 Å². The van der Waals surface area contributed by atoms with E-state index in [-0.39, 0.29) is 37.4 Å². The molecule has 0 amide bonds. The lowest BCUT2D eigenvalue weighted by Crippen LogP contribution is -2.13. The second kappa shape index (κ2) is 29.0. The van der Waals surface area contributed by atoms with Gasteiger partial charge in [-0.05, 0) is 39.5 Å².